The van der Waals surface area contributed by atoms with Crippen LogP contribution in [0.4, 0.5) is 0 Å². The Morgan fingerprint density at radius 3 is 2.75 bits per heavy atom. The van der Waals surface area contributed by atoms with Crippen molar-refractivity contribution in [3.8, 4) is 0 Å². The molecule has 2 heterocycles. The van der Waals surface area contributed by atoms with Crippen molar-refractivity contribution in [2.45, 2.75) is 52.5 Å². The molecule has 0 aromatic heterocycles. The fourth-order valence-corrected chi connectivity index (χ4v) is 3.24. The third kappa shape index (κ3) is 2.98. The van der Waals surface area contributed by atoms with Crippen molar-refractivity contribution in [2.24, 2.45) is 11.3 Å². The molecule has 0 aromatic carbocycles. The first-order valence-electron chi connectivity index (χ1n) is 7.03. The Hall–Kier alpha value is -0.0800. The summed E-state index contributed by atoms with van der Waals surface area (Å²) in [7, 11) is 0. The van der Waals surface area contributed by atoms with Gasteiger partial charge in [-0.25, -0.2) is 0 Å². The van der Waals surface area contributed by atoms with Gasteiger partial charge >= 0.3 is 0 Å². The van der Waals surface area contributed by atoms with Crippen molar-refractivity contribution in [3.63, 3.8) is 0 Å². The van der Waals surface area contributed by atoms with E-state index in [1.165, 1.54) is 51.9 Å². The van der Waals surface area contributed by atoms with E-state index in [0.717, 1.165) is 12.0 Å². The van der Waals surface area contributed by atoms with E-state index >= 15 is 0 Å². The SMILES string of the molecule is CC1CCNCC1N1CCCC(C)(C)CC1. The van der Waals surface area contributed by atoms with Gasteiger partial charge in [0.25, 0.3) is 0 Å². The molecule has 2 aliphatic rings. The third-order valence-corrected chi connectivity index (χ3v) is 4.63. The van der Waals surface area contributed by atoms with Crippen LogP contribution in [0.3, 0.4) is 0 Å². The maximum absolute atomic E-state index is 3.56. The van der Waals surface area contributed by atoms with Crippen LogP contribution in [-0.4, -0.2) is 37.1 Å². The lowest BCUT2D eigenvalue weighted by atomic mass is 9.85. The molecule has 0 spiro atoms. The first kappa shape index (κ1) is 12.4. The normalized spacial score (nSPS) is 36.9. The van der Waals surface area contributed by atoms with E-state index < -0.39 is 0 Å². The minimum absolute atomic E-state index is 0.570. The van der Waals surface area contributed by atoms with E-state index in [9.17, 15) is 0 Å². The molecular formula is C14H28N2. The molecule has 0 radical (unpaired) electrons. The van der Waals surface area contributed by atoms with Crippen molar-refractivity contribution >= 4 is 0 Å². The van der Waals surface area contributed by atoms with E-state index in [1.807, 2.05) is 0 Å². The zero-order valence-electron chi connectivity index (χ0n) is 11.3. The van der Waals surface area contributed by atoms with Crippen LogP contribution in [0.1, 0.15) is 46.5 Å². The summed E-state index contributed by atoms with van der Waals surface area (Å²) < 4.78 is 0. The van der Waals surface area contributed by atoms with E-state index in [-0.39, 0.29) is 0 Å². The molecule has 2 nitrogen and oxygen atoms in total. The zero-order valence-corrected chi connectivity index (χ0v) is 11.3. The van der Waals surface area contributed by atoms with Gasteiger partial charge in [0, 0.05) is 12.6 Å². The van der Waals surface area contributed by atoms with Crippen molar-refractivity contribution in [2.75, 3.05) is 26.2 Å². The Kier molecular flexibility index (Phi) is 3.91. The van der Waals surface area contributed by atoms with Crippen LogP contribution in [0.5, 0.6) is 0 Å². The minimum Gasteiger partial charge on any atom is -0.315 e. The molecule has 2 fully saturated rings. The van der Waals surface area contributed by atoms with Gasteiger partial charge in [0.05, 0.1) is 0 Å². The lowest BCUT2D eigenvalue weighted by molar-refractivity contribution is 0.123. The van der Waals surface area contributed by atoms with Gasteiger partial charge in [-0.15, -0.1) is 0 Å². The first-order valence-corrected chi connectivity index (χ1v) is 7.03. The van der Waals surface area contributed by atoms with Crippen molar-refractivity contribution < 1.29 is 0 Å². The standard InChI is InChI=1S/C14H28N2/c1-12-5-8-15-11-13(12)16-9-4-6-14(2,3)7-10-16/h12-13,15H,4-11H2,1-3H3. The highest BCUT2D eigenvalue weighted by Crippen LogP contribution is 2.31. The van der Waals surface area contributed by atoms with Crippen LogP contribution in [-0.2, 0) is 0 Å². The first-order chi connectivity index (χ1) is 7.58. The van der Waals surface area contributed by atoms with Gasteiger partial charge in [-0.2, -0.15) is 0 Å². The zero-order chi connectivity index (χ0) is 11.6. The maximum Gasteiger partial charge on any atom is 0.0246 e. The van der Waals surface area contributed by atoms with E-state index in [1.54, 1.807) is 0 Å². The smallest absolute Gasteiger partial charge is 0.0246 e. The second-order valence-corrected chi connectivity index (χ2v) is 6.59. The Bertz CT molecular complexity index is 225. The number of hydrogen-bond acceptors (Lipinski definition) is 2. The van der Waals surface area contributed by atoms with Gasteiger partial charge in [0.1, 0.15) is 0 Å². The van der Waals surface area contributed by atoms with Crippen LogP contribution in [0.2, 0.25) is 0 Å². The lowest BCUT2D eigenvalue weighted by Crippen LogP contribution is -2.50. The molecule has 2 heteroatoms. The van der Waals surface area contributed by atoms with Gasteiger partial charge in [-0.05, 0) is 56.7 Å². The van der Waals surface area contributed by atoms with Crippen LogP contribution in [0, 0.1) is 11.3 Å². The van der Waals surface area contributed by atoms with E-state index in [2.05, 4.69) is 31.0 Å². The summed E-state index contributed by atoms with van der Waals surface area (Å²) in [4.78, 5) is 2.76. The lowest BCUT2D eigenvalue weighted by Gasteiger charge is -2.38. The number of likely N-dealkylation sites (tertiary alicyclic amines) is 1. The van der Waals surface area contributed by atoms with E-state index in [4.69, 9.17) is 0 Å². The Balaban J connectivity index is 1.93. The Morgan fingerprint density at radius 2 is 2.00 bits per heavy atom. The summed E-state index contributed by atoms with van der Waals surface area (Å²) in [6, 6.07) is 0.794. The van der Waals surface area contributed by atoms with Gasteiger partial charge < -0.3 is 5.32 Å². The molecule has 2 unspecified atom stereocenters. The molecular weight excluding hydrogens is 196 g/mol. The average Bonchev–Trinajstić information content (AvgIpc) is 2.40. The molecule has 2 rings (SSSR count). The number of rotatable bonds is 1. The monoisotopic (exact) mass is 224 g/mol. The second kappa shape index (κ2) is 5.05. The highest BCUT2D eigenvalue weighted by Gasteiger charge is 2.30. The van der Waals surface area contributed by atoms with Gasteiger partial charge in [0.15, 0.2) is 0 Å². The number of hydrogen-bond donors (Lipinski definition) is 1. The highest BCUT2D eigenvalue weighted by atomic mass is 15.2. The molecule has 94 valence electrons. The van der Waals surface area contributed by atoms with Crippen LogP contribution < -0.4 is 5.32 Å². The fraction of sp³-hybridized carbons (Fsp3) is 1.00. The van der Waals surface area contributed by atoms with Crippen LogP contribution >= 0.6 is 0 Å². The van der Waals surface area contributed by atoms with Crippen LogP contribution in [0.25, 0.3) is 0 Å². The van der Waals surface area contributed by atoms with E-state index in [0.29, 0.717) is 5.41 Å². The molecule has 0 saturated carbocycles. The van der Waals surface area contributed by atoms with Crippen molar-refractivity contribution in [3.05, 3.63) is 0 Å². The maximum atomic E-state index is 3.56. The predicted molar refractivity (Wildman–Crippen MR) is 69.6 cm³/mol. The van der Waals surface area contributed by atoms with Gasteiger partial charge in [0.2, 0.25) is 0 Å². The molecule has 2 aliphatic heterocycles. The number of nitrogens with one attached hydrogen (secondary N) is 1. The second-order valence-electron chi connectivity index (χ2n) is 6.59. The number of piperidine rings is 1. The summed E-state index contributed by atoms with van der Waals surface area (Å²) >= 11 is 0. The minimum atomic E-state index is 0.570. The quantitative estimate of drug-likeness (QED) is 0.736. The molecule has 0 bridgehead atoms. The topological polar surface area (TPSA) is 15.3 Å². The summed E-state index contributed by atoms with van der Waals surface area (Å²) in [5.74, 6) is 0.877. The average molecular weight is 224 g/mol. The summed E-state index contributed by atoms with van der Waals surface area (Å²) in [6.45, 7) is 12.3. The Morgan fingerprint density at radius 1 is 1.19 bits per heavy atom. The Labute approximate surface area is 101 Å². The fourth-order valence-electron chi connectivity index (χ4n) is 3.24. The van der Waals surface area contributed by atoms with Crippen LogP contribution in [0.15, 0.2) is 0 Å². The molecule has 0 aliphatic carbocycles. The number of nitrogens with zero attached hydrogens (tertiary/aromatic N) is 1. The van der Waals surface area contributed by atoms with Crippen molar-refractivity contribution in [1.82, 2.24) is 10.2 Å². The molecule has 2 atom stereocenters. The predicted octanol–water partition coefficient (Wildman–Crippen LogP) is 2.50. The summed E-state index contributed by atoms with van der Waals surface area (Å²) in [5, 5.41) is 3.56. The summed E-state index contributed by atoms with van der Waals surface area (Å²) in [5.41, 5.74) is 0.570. The van der Waals surface area contributed by atoms with Gasteiger partial charge in [-0.1, -0.05) is 20.8 Å². The largest absolute Gasteiger partial charge is 0.315 e. The molecule has 0 aromatic rings. The highest BCUT2D eigenvalue weighted by molar-refractivity contribution is 4.86. The van der Waals surface area contributed by atoms with Crippen molar-refractivity contribution in [1.29, 1.82) is 0 Å². The molecule has 0 amide bonds. The molecule has 2 saturated heterocycles. The van der Waals surface area contributed by atoms with Gasteiger partial charge in [-0.3, -0.25) is 4.90 Å². The molecule has 1 N–H and O–H groups in total. The molecule has 16 heavy (non-hydrogen) atoms. The third-order valence-electron chi connectivity index (χ3n) is 4.63. The summed E-state index contributed by atoms with van der Waals surface area (Å²) in [6.07, 6.45) is 5.51.